The van der Waals surface area contributed by atoms with Gasteiger partial charge < -0.3 is 10.6 Å². The predicted octanol–water partition coefficient (Wildman–Crippen LogP) is 2.52. The molecule has 0 radical (unpaired) electrons. The van der Waals surface area contributed by atoms with Crippen LogP contribution in [0.2, 0.25) is 0 Å². The highest BCUT2D eigenvalue weighted by molar-refractivity contribution is 5.97. The second-order valence-corrected chi connectivity index (χ2v) is 4.89. The fourth-order valence-corrected chi connectivity index (χ4v) is 1.76. The van der Waals surface area contributed by atoms with Gasteiger partial charge in [-0.1, -0.05) is 25.5 Å². The first kappa shape index (κ1) is 16.9. The van der Waals surface area contributed by atoms with Crippen molar-refractivity contribution in [3.63, 3.8) is 0 Å². The summed E-state index contributed by atoms with van der Waals surface area (Å²) in [6, 6.07) is 6.75. The molecule has 2 amide bonds. The molecule has 0 aliphatic rings. The molecule has 0 fully saturated rings. The van der Waals surface area contributed by atoms with E-state index in [0.717, 1.165) is 12.8 Å². The largest absolute Gasteiger partial charge is 0.356 e. The van der Waals surface area contributed by atoms with Crippen molar-refractivity contribution in [3.05, 3.63) is 29.8 Å². The van der Waals surface area contributed by atoms with Crippen LogP contribution in [0.4, 0.5) is 5.69 Å². The zero-order valence-corrected chi connectivity index (χ0v) is 12.6. The lowest BCUT2D eigenvalue weighted by molar-refractivity contribution is -0.124. The van der Waals surface area contributed by atoms with Crippen LogP contribution in [-0.4, -0.2) is 24.1 Å². The molecule has 21 heavy (non-hydrogen) atoms. The second-order valence-electron chi connectivity index (χ2n) is 4.89. The number of anilines is 1. The Balaban J connectivity index is 2.38. The fourth-order valence-electron chi connectivity index (χ4n) is 1.76. The molecule has 0 aliphatic carbocycles. The maximum atomic E-state index is 11.8. The molecular formula is C16H22N2O3. The summed E-state index contributed by atoms with van der Waals surface area (Å²) < 4.78 is 0. The maximum Gasteiger partial charge on any atom is 0.224 e. The van der Waals surface area contributed by atoms with Gasteiger partial charge in [0.2, 0.25) is 11.8 Å². The first-order chi connectivity index (χ1) is 10.0. The summed E-state index contributed by atoms with van der Waals surface area (Å²) in [7, 11) is 0. The van der Waals surface area contributed by atoms with E-state index >= 15 is 0 Å². The molecule has 1 aromatic carbocycles. The number of hydrogen-bond acceptors (Lipinski definition) is 3. The van der Waals surface area contributed by atoms with E-state index in [2.05, 4.69) is 17.6 Å². The van der Waals surface area contributed by atoms with E-state index in [1.54, 1.807) is 24.3 Å². The Morgan fingerprint density at radius 1 is 1.10 bits per heavy atom. The van der Waals surface area contributed by atoms with Crippen LogP contribution in [0.5, 0.6) is 0 Å². The summed E-state index contributed by atoms with van der Waals surface area (Å²) in [5.74, 6) is -0.404. The van der Waals surface area contributed by atoms with Crippen molar-refractivity contribution >= 4 is 23.3 Å². The third kappa shape index (κ3) is 6.70. The minimum atomic E-state index is -0.235. The quantitative estimate of drug-likeness (QED) is 0.570. The van der Waals surface area contributed by atoms with Crippen molar-refractivity contribution in [1.29, 1.82) is 0 Å². The number of carbonyl (C=O) groups is 3. The van der Waals surface area contributed by atoms with Gasteiger partial charge in [0.15, 0.2) is 5.78 Å². The van der Waals surface area contributed by atoms with E-state index in [1.807, 2.05) is 0 Å². The predicted molar refractivity (Wildman–Crippen MR) is 82.2 cm³/mol. The standard InChI is InChI=1S/C16H22N2O3/c1-3-4-10-17-15(20)8-9-16(21)18-14-7-5-6-13(11-14)12(2)19/h5-7,11H,3-4,8-10H2,1-2H3,(H,17,20)(H,18,21). The van der Waals surface area contributed by atoms with E-state index < -0.39 is 0 Å². The molecule has 1 rings (SSSR count). The van der Waals surface area contributed by atoms with Crippen LogP contribution in [-0.2, 0) is 9.59 Å². The molecule has 5 nitrogen and oxygen atoms in total. The highest BCUT2D eigenvalue weighted by Crippen LogP contribution is 2.11. The summed E-state index contributed by atoms with van der Waals surface area (Å²) >= 11 is 0. The van der Waals surface area contributed by atoms with Crippen molar-refractivity contribution in [2.24, 2.45) is 0 Å². The Labute approximate surface area is 125 Å². The number of rotatable bonds is 8. The van der Waals surface area contributed by atoms with Crippen LogP contribution in [0, 0.1) is 0 Å². The molecule has 0 heterocycles. The second kappa shape index (κ2) is 8.89. The Bertz CT molecular complexity index is 512. The molecule has 0 unspecified atom stereocenters. The van der Waals surface area contributed by atoms with E-state index in [4.69, 9.17) is 0 Å². The van der Waals surface area contributed by atoms with Crippen molar-refractivity contribution in [2.45, 2.75) is 39.5 Å². The lowest BCUT2D eigenvalue weighted by atomic mass is 10.1. The lowest BCUT2D eigenvalue weighted by Gasteiger charge is -2.07. The highest BCUT2D eigenvalue weighted by Gasteiger charge is 2.08. The van der Waals surface area contributed by atoms with Gasteiger partial charge in [0.1, 0.15) is 0 Å². The van der Waals surface area contributed by atoms with E-state index in [-0.39, 0.29) is 30.4 Å². The first-order valence-corrected chi connectivity index (χ1v) is 7.20. The normalized spacial score (nSPS) is 10.0. The van der Waals surface area contributed by atoms with E-state index in [9.17, 15) is 14.4 Å². The molecule has 0 bridgehead atoms. The number of Topliss-reactive ketones (excluding diaryl/α,β-unsaturated/α-hetero) is 1. The molecule has 0 saturated heterocycles. The van der Waals surface area contributed by atoms with Gasteiger partial charge in [-0.2, -0.15) is 0 Å². The van der Waals surface area contributed by atoms with Gasteiger partial charge in [-0.15, -0.1) is 0 Å². The van der Waals surface area contributed by atoms with Gasteiger partial charge >= 0.3 is 0 Å². The summed E-state index contributed by atoms with van der Waals surface area (Å²) in [5.41, 5.74) is 1.11. The number of carbonyl (C=O) groups excluding carboxylic acids is 3. The minimum Gasteiger partial charge on any atom is -0.356 e. The molecule has 0 spiro atoms. The number of amides is 2. The fraction of sp³-hybridized carbons (Fsp3) is 0.438. The summed E-state index contributed by atoms with van der Waals surface area (Å²) in [5, 5.41) is 5.45. The lowest BCUT2D eigenvalue weighted by Crippen LogP contribution is -2.25. The van der Waals surface area contributed by atoms with Crippen molar-refractivity contribution in [1.82, 2.24) is 5.32 Å². The Morgan fingerprint density at radius 2 is 1.81 bits per heavy atom. The molecule has 0 saturated carbocycles. The molecule has 0 aliphatic heterocycles. The SMILES string of the molecule is CCCCNC(=O)CCC(=O)Nc1cccc(C(C)=O)c1. The summed E-state index contributed by atoms with van der Waals surface area (Å²) in [4.78, 5) is 34.5. The zero-order valence-electron chi connectivity index (χ0n) is 12.6. The number of hydrogen-bond donors (Lipinski definition) is 2. The maximum absolute atomic E-state index is 11.8. The van der Waals surface area contributed by atoms with Crippen molar-refractivity contribution < 1.29 is 14.4 Å². The smallest absolute Gasteiger partial charge is 0.224 e. The molecule has 0 aromatic heterocycles. The monoisotopic (exact) mass is 290 g/mol. The summed E-state index contributed by atoms with van der Waals surface area (Å²) in [6.07, 6.45) is 2.26. The number of unbranched alkanes of at least 4 members (excludes halogenated alkanes) is 1. The Morgan fingerprint density at radius 3 is 2.48 bits per heavy atom. The minimum absolute atomic E-state index is 0.0543. The van der Waals surface area contributed by atoms with Gasteiger partial charge in [-0.25, -0.2) is 0 Å². The van der Waals surface area contributed by atoms with Crippen LogP contribution < -0.4 is 10.6 Å². The molecular weight excluding hydrogens is 268 g/mol. The van der Waals surface area contributed by atoms with Crippen LogP contribution in [0.1, 0.15) is 49.9 Å². The van der Waals surface area contributed by atoms with Gasteiger partial charge in [0.05, 0.1) is 0 Å². The third-order valence-corrected chi connectivity index (χ3v) is 2.98. The summed E-state index contributed by atoms with van der Waals surface area (Å²) in [6.45, 7) is 4.17. The molecule has 1 aromatic rings. The highest BCUT2D eigenvalue weighted by atomic mass is 16.2. The average Bonchev–Trinajstić information content (AvgIpc) is 2.45. The van der Waals surface area contributed by atoms with Crippen LogP contribution in [0.15, 0.2) is 24.3 Å². The van der Waals surface area contributed by atoms with Gasteiger partial charge in [0, 0.05) is 30.6 Å². The van der Waals surface area contributed by atoms with E-state index in [0.29, 0.717) is 17.8 Å². The topological polar surface area (TPSA) is 75.3 Å². The van der Waals surface area contributed by atoms with Gasteiger partial charge in [0.25, 0.3) is 0 Å². The number of nitrogens with one attached hydrogen (secondary N) is 2. The van der Waals surface area contributed by atoms with Crippen LogP contribution in [0.3, 0.4) is 0 Å². The molecule has 2 N–H and O–H groups in total. The number of benzene rings is 1. The average molecular weight is 290 g/mol. The Kier molecular flexibility index (Phi) is 7.15. The molecule has 0 atom stereocenters. The van der Waals surface area contributed by atoms with E-state index in [1.165, 1.54) is 6.92 Å². The third-order valence-electron chi connectivity index (χ3n) is 2.98. The molecule has 114 valence electrons. The van der Waals surface area contributed by atoms with Crippen molar-refractivity contribution in [2.75, 3.05) is 11.9 Å². The Hall–Kier alpha value is -2.17. The van der Waals surface area contributed by atoms with Crippen LogP contribution >= 0.6 is 0 Å². The van der Waals surface area contributed by atoms with Crippen LogP contribution in [0.25, 0.3) is 0 Å². The van der Waals surface area contributed by atoms with Gasteiger partial charge in [-0.3, -0.25) is 14.4 Å². The van der Waals surface area contributed by atoms with Crippen molar-refractivity contribution in [3.8, 4) is 0 Å². The molecule has 5 heteroatoms. The number of ketones is 1. The first-order valence-electron chi connectivity index (χ1n) is 7.20. The van der Waals surface area contributed by atoms with Gasteiger partial charge in [-0.05, 0) is 25.5 Å². The zero-order chi connectivity index (χ0) is 15.7.